The standard InChI is InChI=1S/C14H13BrN2OS/c1-4-14(2,3)17-13(18)12-11(16)10-8(15)6-5-7-9(10)19-12/h1,5-7H,16H2,2-3H3,(H,17,18). The zero-order valence-corrected chi connectivity index (χ0v) is 13.0. The smallest absolute Gasteiger partial charge is 0.264 e. The Kier molecular flexibility index (Phi) is 3.57. The summed E-state index contributed by atoms with van der Waals surface area (Å²) in [4.78, 5) is 12.7. The second-order valence-corrected chi connectivity index (χ2v) is 6.59. The Bertz CT molecular complexity index is 697. The van der Waals surface area contributed by atoms with Crippen LogP contribution in [0.25, 0.3) is 10.1 Å². The first-order valence-electron chi connectivity index (χ1n) is 5.62. The predicted molar refractivity (Wildman–Crippen MR) is 84.3 cm³/mol. The molecular formula is C14H13BrN2OS. The lowest BCUT2D eigenvalue weighted by Crippen LogP contribution is -2.41. The van der Waals surface area contributed by atoms with Crippen molar-refractivity contribution < 1.29 is 4.79 Å². The van der Waals surface area contributed by atoms with E-state index in [1.54, 1.807) is 13.8 Å². The molecule has 1 aromatic carbocycles. The Labute approximate surface area is 124 Å². The van der Waals surface area contributed by atoms with Crippen molar-refractivity contribution in [2.45, 2.75) is 19.4 Å². The Hall–Kier alpha value is -1.51. The average molecular weight is 337 g/mol. The Morgan fingerprint density at radius 3 is 2.79 bits per heavy atom. The molecular weight excluding hydrogens is 324 g/mol. The third kappa shape index (κ3) is 2.60. The molecule has 0 spiro atoms. The van der Waals surface area contributed by atoms with Crippen molar-refractivity contribution in [1.29, 1.82) is 0 Å². The Morgan fingerprint density at radius 1 is 1.53 bits per heavy atom. The summed E-state index contributed by atoms with van der Waals surface area (Å²) >= 11 is 4.81. The van der Waals surface area contributed by atoms with Crippen molar-refractivity contribution in [3.8, 4) is 12.3 Å². The highest BCUT2D eigenvalue weighted by molar-refractivity contribution is 9.10. The van der Waals surface area contributed by atoms with Gasteiger partial charge in [0.2, 0.25) is 0 Å². The van der Waals surface area contributed by atoms with Crippen LogP contribution in [-0.2, 0) is 0 Å². The largest absolute Gasteiger partial charge is 0.397 e. The summed E-state index contributed by atoms with van der Waals surface area (Å²) in [7, 11) is 0. The van der Waals surface area contributed by atoms with Crippen molar-refractivity contribution >= 4 is 48.9 Å². The van der Waals surface area contributed by atoms with E-state index in [-0.39, 0.29) is 5.91 Å². The molecule has 0 radical (unpaired) electrons. The van der Waals surface area contributed by atoms with Gasteiger partial charge in [-0.15, -0.1) is 17.8 Å². The summed E-state index contributed by atoms with van der Waals surface area (Å²) in [5.41, 5.74) is 5.86. The first-order chi connectivity index (χ1) is 8.85. The molecule has 1 aromatic heterocycles. The highest BCUT2D eigenvalue weighted by atomic mass is 79.9. The van der Waals surface area contributed by atoms with Crippen molar-refractivity contribution in [3.05, 3.63) is 27.5 Å². The number of terminal acetylenes is 1. The van der Waals surface area contributed by atoms with E-state index in [2.05, 4.69) is 27.2 Å². The summed E-state index contributed by atoms with van der Waals surface area (Å²) in [6.45, 7) is 3.54. The van der Waals surface area contributed by atoms with Crippen molar-refractivity contribution in [1.82, 2.24) is 5.32 Å². The highest BCUT2D eigenvalue weighted by Gasteiger charge is 2.23. The first-order valence-corrected chi connectivity index (χ1v) is 7.23. The molecule has 0 fully saturated rings. The number of nitrogen functional groups attached to an aromatic ring is 1. The van der Waals surface area contributed by atoms with E-state index in [9.17, 15) is 4.79 Å². The lowest BCUT2D eigenvalue weighted by atomic mass is 10.1. The van der Waals surface area contributed by atoms with Gasteiger partial charge in [0.15, 0.2) is 0 Å². The number of rotatable bonds is 2. The molecule has 19 heavy (non-hydrogen) atoms. The predicted octanol–water partition coefficient (Wildman–Crippen LogP) is 3.39. The van der Waals surface area contributed by atoms with Gasteiger partial charge >= 0.3 is 0 Å². The topological polar surface area (TPSA) is 55.1 Å². The quantitative estimate of drug-likeness (QED) is 0.826. The second kappa shape index (κ2) is 4.87. The monoisotopic (exact) mass is 336 g/mol. The zero-order chi connectivity index (χ0) is 14.2. The highest BCUT2D eigenvalue weighted by Crippen LogP contribution is 2.38. The van der Waals surface area contributed by atoms with Gasteiger partial charge in [-0.1, -0.05) is 27.9 Å². The van der Waals surface area contributed by atoms with Crippen LogP contribution in [0.1, 0.15) is 23.5 Å². The normalized spacial score (nSPS) is 11.3. The maximum Gasteiger partial charge on any atom is 0.264 e. The fraction of sp³-hybridized carbons (Fsp3) is 0.214. The van der Waals surface area contributed by atoms with Gasteiger partial charge in [0.05, 0.1) is 11.2 Å². The zero-order valence-electron chi connectivity index (χ0n) is 10.6. The number of amides is 1. The maximum atomic E-state index is 12.2. The lowest BCUT2D eigenvalue weighted by Gasteiger charge is -2.19. The molecule has 1 heterocycles. The van der Waals surface area contributed by atoms with Gasteiger partial charge in [-0.2, -0.15) is 0 Å². The number of nitrogens with one attached hydrogen (secondary N) is 1. The minimum Gasteiger partial charge on any atom is -0.397 e. The third-order valence-corrected chi connectivity index (χ3v) is 4.52. The third-order valence-electron chi connectivity index (χ3n) is 2.69. The molecule has 0 atom stereocenters. The number of anilines is 1. The van der Waals surface area contributed by atoms with Gasteiger partial charge in [-0.3, -0.25) is 4.79 Å². The Balaban J connectivity index is 2.48. The molecule has 2 aromatic rings. The van der Waals surface area contributed by atoms with E-state index in [0.717, 1.165) is 14.6 Å². The summed E-state index contributed by atoms with van der Waals surface area (Å²) in [6.07, 6.45) is 5.37. The van der Waals surface area contributed by atoms with Crippen LogP contribution >= 0.6 is 27.3 Å². The van der Waals surface area contributed by atoms with Crippen LogP contribution in [0.3, 0.4) is 0 Å². The molecule has 0 unspecified atom stereocenters. The van der Waals surface area contributed by atoms with E-state index < -0.39 is 5.54 Å². The summed E-state index contributed by atoms with van der Waals surface area (Å²) in [5.74, 6) is 2.29. The minimum absolute atomic E-state index is 0.242. The number of halogens is 1. The first kappa shape index (κ1) is 13.9. The molecule has 0 bridgehead atoms. The number of benzene rings is 1. The number of thiophene rings is 1. The van der Waals surface area contributed by atoms with Crippen LogP contribution in [0.15, 0.2) is 22.7 Å². The molecule has 98 valence electrons. The van der Waals surface area contributed by atoms with Crippen LogP contribution in [0.4, 0.5) is 5.69 Å². The van der Waals surface area contributed by atoms with E-state index in [1.807, 2.05) is 18.2 Å². The number of hydrogen-bond acceptors (Lipinski definition) is 3. The molecule has 0 aliphatic rings. The number of fused-ring (bicyclic) bond motifs is 1. The van der Waals surface area contributed by atoms with E-state index in [0.29, 0.717) is 10.6 Å². The van der Waals surface area contributed by atoms with Gasteiger partial charge in [0.25, 0.3) is 5.91 Å². The van der Waals surface area contributed by atoms with Crippen LogP contribution < -0.4 is 11.1 Å². The van der Waals surface area contributed by atoms with Crippen LogP contribution in [0, 0.1) is 12.3 Å². The number of carbonyl (C=O) groups excluding carboxylic acids is 1. The molecule has 2 rings (SSSR count). The van der Waals surface area contributed by atoms with Crippen molar-refractivity contribution in [2.75, 3.05) is 5.73 Å². The SMILES string of the molecule is C#CC(C)(C)NC(=O)c1sc2cccc(Br)c2c1N. The van der Waals surface area contributed by atoms with Gasteiger partial charge in [-0.05, 0) is 26.0 Å². The number of nitrogens with two attached hydrogens (primary N) is 1. The van der Waals surface area contributed by atoms with E-state index >= 15 is 0 Å². The number of hydrogen-bond donors (Lipinski definition) is 2. The molecule has 5 heteroatoms. The molecule has 0 aliphatic heterocycles. The molecule has 0 saturated carbocycles. The Morgan fingerprint density at radius 2 is 2.21 bits per heavy atom. The van der Waals surface area contributed by atoms with Crippen LogP contribution in [0.5, 0.6) is 0 Å². The van der Waals surface area contributed by atoms with Gasteiger partial charge in [0, 0.05) is 14.6 Å². The fourth-order valence-corrected chi connectivity index (χ4v) is 3.43. The van der Waals surface area contributed by atoms with Crippen LogP contribution in [-0.4, -0.2) is 11.4 Å². The molecule has 3 N–H and O–H groups in total. The number of carbonyl (C=O) groups is 1. The maximum absolute atomic E-state index is 12.2. The van der Waals surface area contributed by atoms with Gasteiger partial charge in [-0.25, -0.2) is 0 Å². The van der Waals surface area contributed by atoms with Crippen molar-refractivity contribution in [2.24, 2.45) is 0 Å². The van der Waals surface area contributed by atoms with E-state index in [4.69, 9.17) is 12.2 Å². The van der Waals surface area contributed by atoms with Crippen LogP contribution in [0.2, 0.25) is 0 Å². The fourth-order valence-electron chi connectivity index (χ4n) is 1.67. The summed E-state index contributed by atoms with van der Waals surface area (Å²) < 4.78 is 1.85. The molecule has 0 saturated heterocycles. The molecule has 0 aliphatic carbocycles. The van der Waals surface area contributed by atoms with E-state index in [1.165, 1.54) is 11.3 Å². The minimum atomic E-state index is -0.697. The summed E-state index contributed by atoms with van der Waals surface area (Å²) in [5, 5.41) is 3.65. The molecule has 3 nitrogen and oxygen atoms in total. The summed E-state index contributed by atoms with van der Waals surface area (Å²) in [6, 6.07) is 5.75. The lowest BCUT2D eigenvalue weighted by molar-refractivity contribution is 0.0935. The molecule has 1 amide bonds. The van der Waals surface area contributed by atoms with Crippen molar-refractivity contribution in [3.63, 3.8) is 0 Å². The average Bonchev–Trinajstić information content (AvgIpc) is 2.68. The van der Waals surface area contributed by atoms with Gasteiger partial charge in [0.1, 0.15) is 4.88 Å². The van der Waals surface area contributed by atoms with Gasteiger partial charge < -0.3 is 11.1 Å². The second-order valence-electron chi connectivity index (χ2n) is 4.68.